The molecule has 0 saturated heterocycles. The topological polar surface area (TPSA) is 94.5 Å². The molecule has 0 heterocycles. The van der Waals surface area contributed by atoms with Gasteiger partial charge in [-0.15, -0.1) is 0 Å². The third-order valence-corrected chi connectivity index (χ3v) is 0. The van der Waals surface area contributed by atoms with Crippen LogP contribution in [0.25, 0.3) is 0 Å². The molecule has 3 nitrogen and oxygen atoms in total. The molecule has 0 spiro atoms. The van der Waals surface area contributed by atoms with Crippen molar-refractivity contribution < 1.29 is 16.4 Å². The molecule has 0 atom stereocenters. The number of hydrogen-bond acceptors (Lipinski definition) is 0. The van der Waals surface area contributed by atoms with E-state index in [0.29, 0.717) is 0 Å². The van der Waals surface area contributed by atoms with Gasteiger partial charge in [0.2, 0.25) is 0 Å². The molecule has 0 aliphatic rings. The summed E-state index contributed by atoms with van der Waals surface area (Å²) in [5.41, 5.74) is 0. The predicted molar refractivity (Wildman–Crippen MR) is 20.8 cm³/mol. The Kier molecular flexibility index (Phi) is 1500. The maximum atomic E-state index is 0. The van der Waals surface area contributed by atoms with Gasteiger partial charge in [-0.1, -0.05) is 0 Å². The van der Waals surface area contributed by atoms with Gasteiger partial charge in [-0.2, -0.15) is 0 Å². The van der Waals surface area contributed by atoms with Crippen molar-refractivity contribution in [2.45, 2.75) is 0 Å². The van der Waals surface area contributed by atoms with E-state index in [4.69, 9.17) is 0 Å². The second kappa shape index (κ2) is 50.4. The second-order valence-electron chi connectivity index (χ2n) is 0. The summed E-state index contributed by atoms with van der Waals surface area (Å²) in [6.07, 6.45) is 0. The molecule has 4 heavy (non-hydrogen) atoms. The Labute approximate surface area is 42.7 Å². The standard InChI is InChI=1S/In.3H2O.3H/h;3*1H2;;;. The molecule has 0 aliphatic heterocycles. The van der Waals surface area contributed by atoms with Crippen molar-refractivity contribution >= 4 is 25.8 Å². The zero-order valence-corrected chi connectivity index (χ0v) is 1.50. The van der Waals surface area contributed by atoms with Crippen molar-refractivity contribution in [3.8, 4) is 0 Å². The van der Waals surface area contributed by atoms with Gasteiger partial charge < -0.3 is 16.4 Å². The fraction of sp³-hybridized carbons (Fsp3) is 0. The summed E-state index contributed by atoms with van der Waals surface area (Å²) in [7, 11) is 0. The van der Waals surface area contributed by atoms with Gasteiger partial charge >= 0.3 is 25.8 Å². The van der Waals surface area contributed by atoms with Crippen molar-refractivity contribution in [2.75, 3.05) is 0 Å². The van der Waals surface area contributed by atoms with Crippen LogP contribution in [0.3, 0.4) is 0 Å². The molecule has 4 heteroatoms. The van der Waals surface area contributed by atoms with Gasteiger partial charge in [0, 0.05) is 0 Å². The third-order valence-electron chi connectivity index (χ3n) is 0. The minimum absolute atomic E-state index is 0. The average Bonchev–Trinajstić information content (AvgIpc) is 0. The van der Waals surface area contributed by atoms with E-state index in [0.717, 1.165) is 0 Å². The van der Waals surface area contributed by atoms with E-state index < -0.39 is 0 Å². The molecule has 6 N–H and O–H groups in total. The summed E-state index contributed by atoms with van der Waals surface area (Å²) in [5, 5.41) is 0. The zero-order valence-electron chi connectivity index (χ0n) is 1.50. The molecule has 0 aromatic carbocycles. The van der Waals surface area contributed by atoms with Crippen LogP contribution in [-0.2, 0) is 0 Å². The normalized spacial score (nSPS) is 0. The Morgan fingerprint density at radius 3 is 0.500 bits per heavy atom. The summed E-state index contributed by atoms with van der Waals surface area (Å²) in [4.78, 5) is 0. The molecule has 0 radical (unpaired) electrons. The van der Waals surface area contributed by atoms with Crippen LogP contribution in [0, 0.1) is 0 Å². The summed E-state index contributed by atoms with van der Waals surface area (Å²) in [5.74, 6) is 0. The quantitative estimate of drug-likeness (QED) is 0.360. The van der Waals surface area contributed by atoms with Gasteiger partial charge in [-0.25, -0.2) is 0 Å². The second-order valence-corrected chi connectivity index (χ2v) is 0. The molecule has 0 saturated carbocycles. The Morgan fingerprint density at radius 2 is 0.500 bits per heavy atom. The zero-order chi connectivity index (χ0) is 0. The van der Waals surface area contributed by atoms with Crippen molar-refractivity contribution in [2.24, 2.45) is 0 Å². The van der Waals surface area contributed by atoms with Crippen molar-refractivity contribution in [1.29, 1.82) is 0 Å². The van der Waals surface area contributed by atoms with Crippen molar-refractivity contribution in [1.82, 2.24) is 0 Å². The summed E-state index contributed by atoms with van der Waals surface area (Å²) < 4.78 is 0. The molecule has 0 amide bonds. The molecule has 0 bridgehead atoms. The Bertz CT molecular complexity index is 3.25. The van der Waals surface area contributed by atoms with Crippen LogP contribution in [0.1, 0.15) is 0 Å². The van der Waals surface area contributed by atoms with E-state index in [1.54, 1.807) is 0 Å². The summed E-state index contributed by atoms with van der Waals surface area (Å²) in [6, 6.07) is 0. The Morgan fingerprint density at radius 1 is 0.500 bits per heavy atom. The molecule has 0 aromatic heterocycles. The van der Waals surface area contributed by atoms with E-state index in [1.165, 1.54) is 0 Å². The average molecular weight is 172 g/mol. The third kappa shape index (κ3) is 15.0. The van der Waals surface area contributed by atoms with Crippen LogP contribution in [0.2, 0.25) is 0 Å². The van der Waals surface area contributed by atoms with Crippen LogP contribution in [-0.4, -0.2) is 42.3 Å². The van der Waals surface area contributed by atoms with Gasteiger partial charge in [-0.05, 0) is 0 Å². The monoisotopic (exact) mass is 172 g/mol. The van der Waals surface area contributed by atoms with E-state index in [2.05, 4.69) is 0 Å². The maximum absolute atomic E-state index is 0. The van der Waals surface area contributed by atoms with Gasteiger partial charge in [0.15, 0.2) is 0 Å². The summed E-state index contributed by atoms with van der Waals surface area (Å²) in [6.45, 7) is 0. The molecule has 0 rings (SSSR count). The molecule has 0 aromatic rings. The van der Waals surface area contributed by atoms with E-state index in [-0.39, 0.29) is 42.3 Å². The first kappa shape index (κ1) is 119. The first-order chi connectivity index (χ1) is 0. The van der Waals surface area contributed by atoms with Crippen molar-refractivity contribution in [3.63, 3.8) is 0 Å². The predicted octanol–water partition coefficient (Wildman–Crippen LogP) is -3.66. The number of hydrogen-bond donors (Lipinski definition) is 0. The summed E-state index contributed by atoms with van der Waals surface area (Å²) >= 11 is 0. The van der Waals surface area contributed by atoms with E-state index in [9.17, 15) is 0 Å². The van der Waals surface area contributed by atoms with Gasteiger partial charge in [0.1, 0.15) is 0 Å². The van der Waals surface area contributed by atoms with Crippen LogP contribution in [0.15, 0.2) is 0 Å². The van der Waals surface area contributed by atoms with Gasteiger partial charge in [-0.3, -0.25) is 0 Å². The number of rotatable bonds is 0. The fourth-order valence-electron chi connectivity index (χ4n) is 0. The van der Waals surface area contributed by atoms with E-state index in [1.807, 2.05) is 0 Å². The molecular weight excluding hydrogens is 163 g/mol. The first-order valence-corrected chi connectivity index (χ1v) is 0. The first-order valence-electron chi connectivity index (χ1n) is 0. The van der Waals surface area contributed by atoms with Crippen LogP contribution >= 0.6 is 0 Å². The minimum atomic E-state index is 0. The van der Waals surface area contributed by atoms with Crippen LogP contribution in [0.4, 0.5) is 0 Å². The van der Waals surface area contributed by atoms with Gasteiger partial charge in [0.05, 0.1) is 0 Å². The Hall–Kier alpha value is 0.750. The van der Waals surface area contributed by atoms with E-state index >= 15 is 0 Å². The molecule has 0 unspecified atom stereocenters. The Balaban J connectivity index is 0. The van der Waals surface area contributed by atoms with Crippen LogP contribution < -0.4 is 0 Å². The van der Waals surface area contributed by atoms with Crippen molar-refractivity contribution in [3.05, 3.63) is 0 Å². The molecular formula is H9InO3. The SMILES string of the molecule is O.O.O.[InH3]. The van der Waals surface area contributed by atoms with Gasteiger partial charge in [0.25, 0.3) is 0 Å². The fourth-order valence-corrected chi connectivity index (χ4v) is 0. The van der Waals surface area contributed by atoms with Crippen LogP contribution in [0.5, 0.6) is 0 Å². The molecule has 0 fully saturated rings. The molecule has 0 aliphatic carbocycles. The molecule has 30 valence electrons.